The fourth-order valence-electron chi connectivity index (χ4n) is 1.46. The summed E-state index contributed by atoms with van der Waals surface area (Å²) < 4.78 is 17.7. The van der Waals surface area contributed by atoms with Crippen molar-refractivity contribution in [2.75, 3.05) is 20.7 Å². The summed E-state index contributed by atoms with van der Waals surface area (Å²) in [5.74, 6) is -0.810. The molecule has 1 aromatic rings. The molecule has 0 fully saturated rings. The van der Waals surface area contributed by atoms with Crippen LogP contribution in [0.25, 0.3) is 0 Å². The number of halogens is 1. The number of likely N-dealkylation sites (N-methyl/N-ethyl adjacent to an activating group) is 1. The highest BCUT2D eigenvalue weighted by atomic mass is 19.1. The minimum atomic E-state index is -0.453. The summed E-state index contributed by atoms with van der Waals surface area (Å²) in [6, 6.07) is 5.99. The molecule has 0 radical (unpaired) electrons. The standard InChI is InChI=1S/C12H13FN2O2/c1-15(8-12(16)17-2)7-10-3-9(6-14)4-11(13)5-10/h3-5H,7-8H2,1-2H3. The normalized spacial score (nSPS) is 10.1. The predicted octanol–water partition coefficient (Wildman–Crippen LogP) is 1.30. The highest BCUT2D eigenvalue weighted by Gasteiger charge is 2.08. The highest BCUT2D eigenvalue weighted by molar-refractivity contribution is 5.71. The van der Waals surface area contributed by atoms with Crippen molar-refractivity contribution in [2.45, 2.75) is 6.54 Å². The lowest BCUT2D eigenvalue weighted by Gasteiger charge is -2.15. The summed E-state index contributed by atoms with van der Waals surface area (Å²) >= 11 is 0. The molecule has 17 heavy (non-hydrogen) atoms. The first-order chi connectivity index (χ1) is 8.05. The molecule has 0 heterocycles. The Morgan fingerprint density at radius 2 is 2.24 bits per heavy atom. The van der Waals surface area contributed by atoms with Gasteiger partial charge in [0.05, 0.1) is 25.3 Å². The summed E-state index contributed by atoms with van der Waals surface area (Å²) in [4.78, 5) is 12.7. The molecule has 0 spiro atoms. The second kappa shape index (κ2) is 5.97. The van der Waals surface area contributed by atoms with Crippen molar-refractivity contribution in [1.82, 2.24) is 4.90 Å². The molecule has 5 heteroatoms. The van der Waals surface area contributed by atoms with E-state index in [0.717, 1.165) is 0 Å². The average Bonchev–Trinajstić information content (AvgIpc) is 2.27. The van der Waals surface area contributed by atoms with E-state index in [1.165, 1.54) is 19.2 Å². The second-order valence-corrected chi connectivity index (χ2v) is 3.71. The highest BCUT2D eigenvalue weighted by Crippen LogP contribution is 2.10. The molecule has 0 saturated carbocycles. The Morgan fingerprint density at radius 3 is 2.82 bits per heavy atom. The molecule has 0 aliphatic heterocycles. The molecule has 0 aromatic heterocycles. The lowest BCUT2D eigenvalue weighted by molar-refractivity contribution is -0.141. The van der Waals surface area contributed by atoms with Gasteiger partial charge in [-0.1, -0.05) is 0 Å². The number of hydrogen-bond donors (Lipinski definition) is 0. The Hall–Kier alpha value is -1.93. The van der Waals surface area contributed by atoms with Crippen molar-refractivity contribution in [3.63, 3.8) is 0 Å². The predicted molar refractivity (Wildman–Crippen MR) is 59.5 cm³/mol. The molecule has 0 aliphatic carbocycles. The van der Waals surface area contributed by atoms with E-state index in [9.17, 15) is 9.18 Å². The van der Waals surface area contributed by atoms with E-state index in [4.69, 9.17) is 5.26 Å². The maximum atomic E-state index is 13.1. The third kappa shape index (κ3) is 4.21. The SMILES string of the molecule is COC(=O)CN(C)Cc1cc(F)cc(C#N)c1. The van der Waals surface area contributed by atoms with E-state index in [0.29, 0.717) is 12.1 Å². The van der Waals surface area contributed by atoms with Crippen LogP contribution in [0.4, 0.5) is 4.39 Å². The Labute approximate surface area is 99.2 Å². The van der Waals surface area contributed by atoms with Crippen LogP contribution < -0.4 is 0 Å². The summed E-state index contributed by atoms with van der Waals surface area (Å²) in [5, 5.41) is 8.70. The number of ether oxygens (including phenoxy) is 1. The van der Waals surface area contributed by atoms with Crippen LogP contribution >= 0.6 is 0 Å². The number of carbonyl (C=O) groups excluding carboxylic acids is 1. The first kappa shape index (κ1) is 13.1. The minimum Gasteiger partial charge on any atom is -0.468 e. The van der Waals surface area contributed by atoms with Gasteiger partial charge in [0.25, 0.3) is 0 Å². The van der Waals surface area contributed by atoms with Crippen LogP contribution in [0.2, 0.25) is 0 Å². The van der Waals surface area contributed by atoms with E-state index in [1.807, 2.05) is 6.07 Å². The monoisotopic (exact) mass is 236 g/mol. The van der Waals surface area contributed by atoms with Crippen LogP contribution in [0.1, 0.15) is 11.1 Å². The lowest BCUT2D eigenvalue weighted by Crippen LogP contribution is -2.26. The van der Waals surface area contributed by atoms with Gasteiger partial charge in [0.15, 0.2) is 0 Å². The molecule has 0 N–H and O–H groups in total. The number of carbonyl (C=O) groups is 1. The molecule has 0 atom stereocenters. The number of methoxy groups -OCH3 is 1. The topological polar surface area (TPSA) is 53.3 Å². The molecular formula is C12H13FN2O2. The zero-order valence-corrected chi connectivity index (χ0v) is 9.74. The third-order valence-electron chi connectivity index (χ3n) is 2.17. The fourth-order valence-corrected chi connectivity index (χ4v) is 1.46. The van der Waals surface area contributed by atoms with Crippen LogP contribution in [-0.2, 0) is 16.1 Å². The summed E-state index contributed by atoms with van der Waals surface area (Å²) in [5.41, 5.74) is 0.916. The molecule has 0 amide bonds. The number of esters is 1. The van der Waals surface area contributed by atoms with Crippen molar-refractivity contribution in [3.05, 3.63) is 35.1 Å². The molecular weight excluding hydrogens is 223 g/mol. The minimum absolute atomic E-state index is 0.120. The van der Waals surface area contributed by atoms with Gasteiger partial charge in [0, 0.05) is 6.54 Å². The van der Waals surface area contributed by atoms with Gasteiger partial charge in [0.2, 0.25) is 0 Å². The van der Waals surface area contributed by atoms with Gasteiger partial charge in [-0.2, -0.15) is 5.26 Å². The van der Waals surface area contributed by atoms with Gasteiger partial charge in [-0.05, 0) is 30.8 Å². The van der Waals surface area contributed by atoms with Crippen LogP contribution in [0.5, 0.6) is 0 Å². The molecule has 4 nitrogen and oxygen atoms in total. The van der Waals surface area contributed by atoms with E-state index < -0.39 is 5.82 Å². The van der Waals surface area contributed by atoms with Gasteiger partial charge in [-0.15, -0.1) is 0 Å². The zero-order valence-electron chi connectivity index (χ0n) is 9.74. The fraction of sp³-hybridized carbons (Fsp3) is 0.333. The molecule has 0 saturated heterocycles. The first-order valence-corrected chi connectivity index (χ1v) is 5.00. The number of nitriles is 1. The number of benzene rings is 1. The van der Waals surface area contributed by atoms with Crippen molar-refractivity contribution < 1.29 is 13.9 Å². The smallest absolute Gasteiger partial charge is 0.319 e. The molecule has 90 valence electrons. The van der Waals surface area contributed by atoms with Crippen LogP contribution in [-0.4, -0.2) is 31.6 Å². The summed E-state index contributed by atoms with van der Waals surface area (Å²) in [6.45, 7) is 0.496. The third-order valence-corrected chi connectivity index (χ3v) is 2.17. The van der Waals surface area contributed by atoms with Crippen molar-refractivity contribution >= 4 is 5.97 Å². The Kier molecular flexibility index (Phi) is 4.61. The maximum absolute atomic E-state index is 13.1. The second-order valence-electron chi connectivity index (χ2n) is 3.71. The largest absolute Gasteiger partial charge is 0.468 e. The zero-order chi connectivity index (χ0) is 12.8. The van der Waals surface area contributed by atoms with Gasteiger partial charge in [-0.3, -0.25) is 9.69 Å². The van der Waals surface area contributed by atoms with E-state index in [1.54, 1.807) is 18.0 Å². The Balaban J connectivity index is 2.71. The quantitative estimate of drug-likeness (QED) is 0.739. The van der Waals surface area contributed by atoms with E-state index in [-0.39, 0.29) is 18.1 Å². The Bertz CT molecular complexity index is 454. The number of nitrogens with zero attached hydrogens (tertiary/aromatic N) is 2. The van der Waals surface area contributed by atoms with E-state index in [2.05, 4.69) is 4.74 Å². The average molecular weight is 236 g/mol. The van der Waals surface area contributed by atoms with E-state index >= 15 is 0 Å². The van der Waals surface area contributed by atoms with Crippen molar-refractivity contribution in [2.24, 2.45) is 0 Å². The van der Waals surface area contributed by atoms with Crippen LogP contribution in [0.3, 0.4) is 0 Å². The van der Waals surface area contributed by atoms with Gasteiger partial charge < -0.3 is 4.74 Å². The molecule has 1 rings (SSSR count). The van der Waals surface area contributed by atoms with Gasteiger partial charge in [0.1, 0.15) is 5.82 Å². The van der Waals surface area contributed by atoms with Crippen LogP contribution in [0, 0.1) is 17.1 Å². The molecule has 0 unspecified atom stereocenters. The number of hydrogen-bond acceptors (Lipinski definition) is 4. The van der Waals surface area contributed by atoms with Crippen molar-refractivity contribution in [3.8, 4) is 6.07 Å². The summed E-state index contributed by atoms with van der Waals surface area (Å²) in [6.07, 6.45) is 0. The molecule has 1 aromatic carbocycles. The van der Waals surface area contributed by atoms with Gasteiger partial charge >= 0.3 is 5.97 Å². The lowest BCUT2D eigenvalue weighted by atomic mass is 10.1. The first-order valence-electron chi connectivity index (χ1n) is 5.00. The summed E-state index contributed by atoms with van der Waals surface area (Å²) in [7, 11) is 3.03. The maximum Gasteiger partial charge on any atom is 0.319 e. The molecule has 0 aliphatic rings. The molecule has 0 bridgehead atoms. The number of rotatable bonds is 4. The Morgan fingerprint density at radius 1 is 1.53 bits per heavy atom. The van der Waals surface area contributed by atoms with Crippen LogP contribution in [0.15, 0.2) is 18.2 Å². The van der Waals surface area contributed by atoms with Gasteiger partial charge in [-0.25, -0.2) is 4.39 Å². The van der Waals surface area contributed by atoms with Crippen molar-refractivity contribution in [1.29, 1.82) is 5.26 Å².